The maximum atomic E-state index is 5.41. The highest BCUT2D eigenvalue weighted by Gasteiger charge is 2.14. The molecule has 1 aliphatic rings. The minimum absolute atomic E-state index is 0.792. The molecule has 3 heterocycles. The number of morpholine rings is 1. The molecule has 5 nitrogen and oxygen atoms in total. The Morgan fingerprint density at radius 3 is 2.88 bits per heavy atom. The second-order valence-electron chi connectivity index (χ2n) is 6.63. The van der Waals surface area contributed by atoms with Gasteiger partial charge in [0.25, 0.3) is 0 Å². The molecule has 0 bridgehead atoms. The van der Waals surface area contributed by atoms with E-state index >= 15 is 0 Å². The molecule has 0 saturated carbocycles. The number of nitrogens with zero attached hydrogens (tertiary/aromatic N) is 4. The average molecular weight is 389 g/mol. The van der Waals surface area contributed by atoms with Crippen molar-refractivity contribution in [2.75, 3.05) is 38.3 Å². The number of ether oxygens (including phenoxy) is 1. The highest BCUT2D eigenvalue weighted by Crippen LogP contribution is 2.30. The average Bonchev–Trinajstić information content (AvgIpc) is 3.28. The molecule has 2 aromatic heterocycles. The molecule has 0 spiro atoms. The molecular formula is C19H24N4OS2. The summed E-state index contributed by atoms with van der Waals surface area (Å²) >= 11 is 3.51. The number of fused-ring (bicyclic) bond motifs is 1. The lowest BCUT2D eigenvalue weighted by molar-refractivity contribution is 0.0341. The number of benzene rings is 1. The minimum Gasteiger partial charge on any atom is -0.379 e. The van der Waals surface area contributed by atoms with E-state index in [0.717, 1.165) is 62.2 Å². The van der Waals surface area contributed by atoms with Crippen molar-refractivity contribution in [1.82, 2.24) is 14.9 Å². The summed E-state index contributed by atoms with van der Waals surface area (Å²) in [6, 6.07) is 6.56. The largest absolute Gasteiger partial charge is 0.379 e. The lowest BCUT2D eigenvalue weighted by atomic mass is 10.2. The fraction of sp³-hybridized carbons (Fsp3) is 0.474. The van der Waals surface area contributed by atoms with Gasteiger partial charge in [0.2, 0.25) is 0 Å². The summed E-state index contributed by atoms with van der Waals surface area (Å²) in [4.78, 5) is 14.2. The number of aromatic nitrogens is 2. The molecule has 0 N–H and O–H groups in total. The Morgan fingerprint density at radius 2 is 2.08 bits per heavy atom. The predicted molar refractivity (Wildman–Crippen MR) is 109 cm³/mol. The van der Waals surface area contributed by atoms with Crippen LogP contribution in [0.5, 0.6) is 0 Å². The molecule has 26 heavy (non-hydrogen) atoms. The molecule has 0 unspecified atom stereocenters. The summed E-state index contributed by atoms with van der Waals surface area (Å²) in [6.45, 7) is 7.57. The zero-order chi connectivity index (χ0) is 17.9. The van der Waals surface area contributed by atoms with E-state index in [1.165, 1.54) is 15.3 Å². The zero-order valence-electron chi connectivity index (χ0n) is 15.3. The summed E-state index contributed by atoms with van der Waals surface area (Å²) in [5.41, 5.74) is 3.57. The molecule has 3 aromatic rings. The molecule has 0 aliphatic carbocycles. The van der Waals surface area contributed by atoms with E-state index in [0.29, 0.717) is 0 Å². The predicted octanol–water partition coefficient (Wildman–Crippen LogP) is 3.78. The van der Waals surface area contributed by atoms with Crippen molar-refractivity contribution < 1.29 is 4.74 Å². The quantitative estimate of drug-likeness (QED) is 0.643. The Kier molecular flexibility index (Phi) is 5.49. The second-order valence-corrected chi connectivity index (χ2v) is 8.58. The Hall–Kier alpha value is -1.54. The van der Waals surface area contributed by atoms with E-state index in [2.05, 4.69) is 47.4 Å². The number of rotatable bonds is 6. The molecule has 1 aromatic carbocycles. The van der Waals surface area contributed by atoms with E-state index in [4.69, 9.17) is 14.7 Å². The summed E-state index contributed by atoms with van der Waals surface area (Å²) in [5.74, 6) is 0. The second kappa shape index (κ2) is 8.00. The normalized spacial score (nSPS) is 15.6. The van der Waals surface area contributed by atoms with Crippen LogP contribution >= 0.6 is 22.7 Å². The van der Waals surface area contributed by atoms with Crippen molar-refractivity contribution in [2.24, 2.45) is 0 Å². The molecule has 0 radical (unpaired) electrons. The first-order chi connectivity index (χ1) is 12.7. The summed E-state index contributed by atoms with van der Waals surface area (Å²) in [6.07, 6.45) is 1.06. The van der Waals surface area contributed by atoms with Gasteiger partial charge in [0.1, 0.15) is 5.01 Å². The maximum absolute atomic E-state index is 5.41. The van der Waals surface area contributed by atoms with E-state index in [1.54, 1.807) is 22.7 Å². The van der Waals surface area contributed by atoms with Gasteiger partial charge in [-0.15, -0.1) is 11.3 Å². The molecule has 4 rings (SSSR count). The lowest BCUT2D eigenvalue weighted by Gasteiger charge is -2.25. The number of thiazole rings is 2. The summed E-state index contributed by atoms with van der Waals surface area (Å²) in [5, 5.41) is 4.41. The third-order valence-electron chi connectivity index (χ3n) is 4.64. The van der Waals surface area contributed by atoms with Gasteiger partial charge in [-0.25, -0.2) is 9.97 Å². The first-order valence-corrected chi connectivity index (χ1v) is 10.7. The molecule has 7 heteroatoms. The van der Waals surface area contributed by atoms with Crippen LogP contribution in [-0.2, 0) is 24.2 Å². The van der Waals surface area contributed by atoms with Crippen molar-refractivity contribution in [1.29, 1.82) is 0 Å². The fourth-order valence-electron chi connectivity index (χ4n) is 3.10. The standard InChI is InChI=1S/C19H24N4OS2/c1-3-14-4-5-16-17(10-14)26-19(21-16)22(2)11-15-13-25-18(20-15)12-23-6-8-24-9-7-23/h4-5,10,13H,3,6-9,11-12H2,1-2H3. The highest BCUT2D eigenvalue weighted by atomic mass is 32.1. The number of hydrogen-bond acceptors (Lipinski definition) is 7. The van der Waals surface area contributed by atoms with Crippen molar-refractivity contribution in [3.63, 3.8) is 0 Å². The van der Waals surface area contributed by atoms with Crippen LogP contribution in [0.25, 0.3) is 10.2 Å². The molecule has 0 atom stereocenters. The summed E-state index contributed by atoms with van der Waals surface area (Å²) in [7, 11) is 2.10. The number of aryl methyl sites for hydroxylation is 1. The SMILES string of the molecule is CCc1ccc2nc(N(C)Cc3csc(CN4CCOCC4)n3)sc2c1. The van der Waals surface area contributed by atoms with Gasteiger partial charge in [-0.3, -0.25) is 4.90 Å². The third kappa shape index (κ3) is 4.06. The van der Waals surface area contributed by atoms with Crippen LogP contribution in [0, 0.1) is 0 Å². The van der Waals surface area contributed by atoms with Crippen molar-refractivity contribution in [2.45, 2.75) is 26.4 Å². The van der Waals surface area contributed by atoms with Crippen LogP contribution in [0.3, 0.4) is 0 Å². The first-order valence-electron chi connectivity index (χ1n) is 9.05. The lowest BCUT2D eigenvalue weighted by Crippen LogP contribution is -2.35. The van der Waals surface area contributed by atoms with Gasteiger partial charge in [-0.05, 0) is 24.1 Å². The fourth-order valence-corrected chi connectivity index (χ4v) is 4.91. The monoisotopic (exact) mass is 388 g/mol. The molecule has 1 saturated heterocycles. The number of anilines is 1. The van der Waals surface area contributed by atoms with Gasteiger partial charge < -0.3 is 9.64 Å². The van der Waals surface area contributed by atoms with Crippen molar-refractivity contribution >= 4 is 38.0 Å². The van der Waals surface area contributed by atoms with Gasteiger partial charge >= 0.3 is 0 Å². The molecule has 0 amide bonds. The van der Waals surface area contributed by atoms with Crippen LogP contribution < -0.4 is 4.90 Å². The smallest absolute Gasteiger partial charge is 0.186 e. The molecule has 138 valence electrons. The van der Waals surface area contributed by atoms with Crippen LogP contribution in [0.2, 0.25) is 0 Å². The van der Waals surface area contributed by atoms with Crippen LogP contribution in [0.1, 0.15) is 23.2 Å². The van der Waals surface area contributed by atoms with Gasteiger partial charge in [-0.1, -0.05) is 24.3 Å². The molecule has 1 aliphatic heterocycles. The van der Waals surface area contributed by atoms with E-state index in [9.17, 15) is 0 Å². The Morgan fingerprint density at radius 1 is 1.23 bits per heavy atom. The van der Waals surface area contributed by atoms with Crippen LogP contribution in [-0.4, -0.2) is 48.2 Å². The van der Waals surface area contributed by atoms with Gasteiger partial charge in [-0.2, -0.15) is 0 Å². The van der Waals surface area contributed by atoms with Crippen LogP contribution in [0.4, 0.5) is 5.13 Å². The summed E-state index contributed by atoms with van der Waals surface area (Å²) < 4.78 is 6.67. The topological polar surface area (TPSA) is 41.5 Å². The molecular weight excluding hydrogens is 364 g/mol. The third-order valence-corrected chi connectivity index (χ3v) is 6.65. The van der Waals surface area contributed by atoms with Crippen LogP contribution in [0.15, 0.2) is 23.6 Å². The maximum Gasteiger partial charge on any atom is 0.186 e. The first kappa shape index (κ1) is 17.9. The van der Waals surface area contributed by atoms with E-state index in [1.807, 2.05) is 0 Å². The van der Waals surface area contributed by atoms with Crippen molar-refractivity contribution in [3.05, 3.63) is 39.8 Å². The highest BCUT2D eigenvalue weighted by molar-refractivity contribution is 7.22. The number of hydrogen-bond donors (Lipinski definition) is 0. The van der Waals surface area contributed by atoms with Gasteiger partial charge in [0.05, 0.1) is 42.2 Å². The van der Waals surface area contributed by atoms with Gasteiger partial charge in [0, 0.05) is 25.5 Å². The molecule has 1 fully saturated rings. The van der Waals surface area contributed by atoms with E-state index in [-0.39, 0.29) is 0 Å². The minimum atomic E-state index is 0.792. The van der Waals surface area contributed by atoms with Crippen molar-refractivity contribution in [3.8, 4) is 0 Å². The Labute approximate surface area is 162 Å². The zero-order valence-corrected chi connectivity index (χ0v) is 16.9. The Bertz CT molecular complexity index is 869. The van der Waals surface area contributed by atoms with E-state index < -0.39 is 0 Å². The Balaban J connectivity index is 1.42. The van der Waals surface area contributed by atoms with Gasteiger partial charge in [0.15, 0.2) is 5.13 Å².